The number of hydrogen-bond donors (Lipinski definition) is 0. The van der Waals surface area contributed by atoms with E-state index in [-0.39, 0.29) is 17.3 Å². The zero-order chi connectivity index (χ0) is 15.9. The molecule has 114 valence electrons. The molecule has 0 amide bonds. The van der Waals surface area contributed by atoms with Gasteiger partial charge in [-0.05, 0) is 18.6 Å². The van der Waals surface area contributed by atoms with Crippen LogP contribution in [0.25, 0.3) is 0 Å². The molecule has 3 rings (SSSR count). The molecule has 0 saturated heterocycles. The molecule has 1 aliphatic rings. The number of hydrogen-bond acceptors (Lipinski definition) is 5. The minimum Gasteiger partial charge on any atom is -0.346 e. The number of halogens is 1. The Hall–Kier alpha value is -2.41. The van der Waals surface area contributed by atoms with E-state index in [1.165, 1.54) is 16.7 Å². The van der Waals surface area contributed by atoms with E-state index in [1.807, 2.05) is 17.9 Å². The highest BCUT2D eigenvalue weighted by atomic mass is 35.5. The Labute approximate surface area is 130 Å². The van der Waals surface area contributed by atoms with Crippen LogP contribution in [0.5, 0.6) is 0 Å². The smallest absolute Gasteiger partial charge is 0.310 e. The average Bonchev–Trinajstić information content (AvgIpc) is 2.79. The minimum atomic E-state index is -0.462. The molecule has 8 heteroatoms. The van der Waals surface area contributed by atoms with E-state index in [0.717, 1.165) is 5.56 Å². The Morgan fingerprint density at radius 2 is 2.18 bits per heavy atom. The zero-order valence-electron chi connectivity index (χ0n) is 11.8. The minimum absolute atomic E-state index is 0.0640. The van der Waals surface area contributed by atoms with Crippen LogP contribution in [0.15, 0.2) is 35.3 Å². The lowest BCUT2D eigenvalue weighted by atomic mass is 10.2. The maximum atomic E-state index is 12.0. The van der Waals surface area contributed by atoms with Crippen molar-refractivity contribution in [2.24, 2.45) is 0 Å². The van der Waals surface area contributed by atoms with Crippen LogP contribution in [0.1, 0.15) is 18.5 Å². The molecule has 3 heterocycles. The standard InChI is InChI=1S/C14H13ClN4O3/c1-9-7-17(8-10-2-4-12(15)16-6-10)14-11(19(21)22)3-5-13(20)18(9)14/h2-6,9H,7-8H2,1H3. The number of nitrogens with zero attached hydrogens (tertiary/aromatic N) is 4. The van der Waals surface area contributed by atoms with Crippen molar-refractivity contribution in [1.29, 1.82) is 0 Å². The van der Waals surface area contributed by atoms with E-state index >= 15 is 0 Å². The van der Waals surface area contributed by atoms with Gasteiger partial charge < -0.3 is 4.90 Å². The first-order valence-corrected chi connectivity index (χ1v) is 7.10. The molecule has 0 aromatic carbocycles. The van der Waals surface area contributed by atoms with Crippen molar-refractivity contribution in [1.82, 2.24) is 9.55 Å². The van der Waals surface area contributed by atoms with Crippen LogP contribution >= 0.6 is 11.6 Å². The summed E-state index contributed by atoms with van der Waals surface area (Å²) in [5.41, 5.74) is 0.575. The van der Waals surface area contributed by atoms with E-state index in [4.69, 9.17) is 11.6 Å². The molecule has 1 unspecified atom stereocenters. The van der Waals surface area contributed by atoms with Crippen molar-refractivity contribution in [3.8, 4) is 0 Å². The lowest BCUT2D eigenvalue weighted by Gasteiger charge is -2.18. The number of pyridine rings is 2. The number of anilines is 1. The molecule has 1 aliphatic heterocycles. The third-order valence-corrected chi connectivity index (χ3v) is 3.89. The third-order valence-electron chi connectivity index (χ3n) is 3.66. The predicted molar refractivity (Wildman–Crippen MR) is 82.4 cm³/mol. The van der Waals surface area contributed by atoms with E-state index in [9.17, 15) is 14.9 Å². The summed E-state index contributed by atoms with van der Waals surface area (Å²) < 4.78 is 1.47. The van der Waals surface area contributed by atoms with Crippen LogP contribution in [0, 0.1) is 10.1 Å². The van der Waals surface area contributed by atoms with Crippen LogP contribution in [0.4, 0.5) is 11.5 Å². The second kappa shape index (κ2) is 5.42. The molecule has 2 aromatic heterocycles. The summed E-state index contributed by atoms with van der Waals surface area (Å²) >= 11 is 5.76. The van der Waals surface area contributed by atoms with Crippen LogP contribution in [0.3, 0.4) is 0 Å². The van der Waals surface area contributed by atoms with Gasteiger partial charge in [0, 0.05) is 31.4 Å². The maximum Gasteiger partial charge on any atom is 0.310 e. The summed E-state index contributed by atoms with van der Waals surface area (Å²) in [6, 6.07) is 5.87. The molecule has 1 atom stereocenters. The van der Waals surface area contributed by atoms with Gasteiger partial charge in [-0.25, -0.2) is 4.98 Å². The lowest BCUT2D eigenvalue weighted by molar-refractivity contribution is -0.384. The third kappa shape index (κ3) is 2.43. The normalized spacial score (nSPS) is 16.6. The molecular formula is C14H13ClN4O3. The van der Waals surface area contributed by atoms with Gasteiger partial charge in [-0.1, -0.05) is 17.7 Å². The fraction of sp³-hybridized carbons (Fsp3) is 0.286. The fourth-order valence-electron chi connectivity index (χ4n) is 2.76. The van der Waals surface area contributed by atoms with Gasteiger partial charge >= 0.3 is 5.69 Å². The number of rotatable bonds is 3. The van der Waals surface area contributed by atoms with Gasteiger partial charge in [0.25, 0.3) is 5.56 Å². The van der Waals surface area contributed by atoms with E-state index in [1.54, 1.807) is 12.3 Å². The first-order chi connectivity index (χ1) is 10.5. The highest BCUT2D eigenvalue weighted by molar-refractivity contribution is 6.29. The molecule has 22 heavy (non-hydrogen) atoms. The second-order valence-electron chi connectivity index (χ2n) is 5.23. The number of nitro groups is 1. The maximum absolute atomic E-state index is 12.0. The summed E-state index contributed by atoms with van der Waals surface area (Å²) in [7, 11) is 0. The van der Waals surface area contributed by atoms with Gasteiger partial charge in [-0.2, -0.15) is 0 Å². The van der Waals surface area contributed by atoms with Crippen LogP contribution < -0.4 is 10.5 Å². The van der Waals surface area contributed by atoms with Crippen LogP contribution in [-0.4, -0.2) is 21.0 Å². The molecule has 0 bridgehead atoms. The highest BCUT2D eigenvalue weighted by Crippen LogP contribution is 2.35. The molecule has 0 saturated carbocycles. The number of aromatic nitrogens is 2. The summed E-state index contributed by atoms with van der Waals surface area (Å²) in [5, 5.41) is 11.6. The summed E-state index contributed by atoms with van der Waals surface area (Å²) in [4.78, 5) is 28.7. The van der Waals surface area contributed by atoms with Crippen molar-refractivity contribution >= 4 is 23.1 Å². The zero-order valence-corrected chi connectivity index (χ0v) is 12.5. The van der Waals surface area contributed by atoms with E-state index < -0.39 is 4.92 Å². The highest BCUT2D eigenvalue weighted by Gasteiger charge is 2.33. The van der Waals surface area contributed by atoms with E-state index in [2.05, 4.69) is 4.98 Å². The fourth-order valence-corrected chi connectivity index (χ4v) is 2.87. The quantitative estimate of drug-likeness (QED) is 0.492. The first-order valence-electron chi connectivity index (χ1n) is 6.72. The summed E-state index contributed by atoms with van der Waals surface area (Å²) in [6.07, 6.45) is 1.63. The van der Waals surface area contributed by atoms with Gasteiger partial charge in [-0.3, -0.25) is 19.5 Å². The Morgan fingerprint density at radius 3 is 2.82 bits per heavy atom. The summed E-state index contributed by atoms with van der Waals surface area (Å²) in [6.45, 7) is 2.83. The van der Waals surface area contributed by atoms with Crippen molar-refractivity contribution in [3.05, 3.63) is 61.6 Å². The topological polar surface area (TPSA) is 81.3 Å². The van der Waals surface area contributed by atoms with Crippen LogP contribution in [0.2, 0.25) is 5.15 Å². The van der Waals surface area contributed by atoms with Crippen molar-refractivity contribution in [2.45, 2.75) is 19.5 Å². The van der Waals surface area contributed by atoms with Gasteiger partial charge in [0.2, 0.25) is 0 Å². The van der Waals surface area contributed by atoms with Crippen molar-refractivity contribution < 1.29 is 4.92 Å². The SMILES string of the molecule is CC1CN(Cc2ccc(Cl)nc2)c2c([N+](=O)[O-])ccc(=O)n21. The molecule has 0 fully saturated rings. The number of fused-ring (bicyclic) bond motifs is 1. The van der Waals surface area contributed by atoms with Crippen molar-refractivity contribution in [2.75, 3.05) is 11.4 Å². The van der Waals surface area contributed by atoms with Gasteiger partial charge in [0.15, 0.2) is 5.82 Å². The average molecular weight is 321 g/mol. The Kier molecular flexibility index (Phi) is 3.58. The van der Waals surface area contributed by atoms with E-state index in [0.29, 0.717) is 24.1 Å². The van der Waals surface area contributed by atoms with Gasteiger partial charge in [-0.15, -0.1) is 0 Å². The molecule has 0 radical (unpaired) electrons. The summed E-state index contributed by atoms with van der Waals surface area (Å²) in [5.74, 6) is 0.347. The Balaban J connectivity index is 2.04. The molecule has 0 aliphatic carbocycles. The monoisotopic (exact) mass is 320 g/mol. The lowest BCUT2D eigenvalue weighted by Crippen LogP contribution is -2.22. The molecule has 0 N–H and O–H groups in total. The van der Waals surface area contributed by atoms with Gasteiger partial charge in [0.05, 0.1) is 11.0 Å². The largest absolute Gasteiger partial charge is 0.346 e. The Morgan fingerprint density at radius 1 is 1.41 bits per heavy atom. The Bertz CT molecular complexity index is 788. The van der Waals surface area contributed by atoms with Gasteiger partial charge in [0.1, 0.15) is 5.15 Å². The first kappa shape index (κ1) is 14.5. The molecule has 0 spiro atoms. The van der Waals surface area contributed by atoms with Crippen molar-refractivity contribution in [3.63, 3.8) is 0 Å². The predicted octanol–water partition coefficient (Wildman–Crippen LogP) is 2.39. The molecular weight excluding hydrogens is 308 g/mol. The molecule has 7 nitrogen and oxygen atoms in total. The second-order valence-corrected chi connectivity index (χ2v) is 5.61. The van der Waals surface area contributed by atoms with Crippen LogP contribution in [-0.2, 0) is 6.54 Å². The molecule has 2 aromatic rings.